The molecule has 2 aromatic rings. The first kappa shape index (κ1) is 19.1. The molecule has 1 N–H and O–H groups in total. The summed E-state index contributed by atoms with van der Waals surface area (Å²) in [7, 11) is 1.60. The van der Waals surface area contributed by atoms with Crippen LogP contribution in [-0.2, 0) is 4.79 Å². The van der Waals surface area contributed by atoms with Crippen LogP contribution in [-0.4, -0.2) is 30.2 Å². The number of nitro groups is 1. The van der Waals surface area contributed by atoms with E-state index < -0.39 is 4.92 Å². The van der Waals surface area contributed by atoms with Gasteiger partial charge in [0, 0.05) is 24.4 Å². The lowest BCUT2D eigenvalue weighted by molar-refractivity contribution is -0.384. The smallest absolute Gasteiger partial charge is 0.293 e. The van der Waals surface area contributed by atoms with Gasteiger partial charge in [-0.2, -0.15) is 0 Å². The number of nitrogens with one attached hydrogen (secondary N) is 1. The predicted molar refractivity (Wildman–Crippen MR) is 101 cm³/mol. The number of aryl methyl sites for hydroxylation is 2. The van der Waals surface area contributed by atoms with Gasteiger partial charge in [0.25, 0.3) is 5.69 Å². The van der Waals surface area contributed by atoms with Crippen LogP contribution >= 0.6 is 0 Å². The Bertz CT molecular complexity index is 877. The van der Waals surface area contributed by atoms with Crippen molar-refractivity contribution in [1.82, 2.24) is 0 Å². The monoisotopic (exact) mass is 355 g/mol. The van der Waals surface area contributed by atoms with Crippen LogP contribution in [0, 0.1) is 24.0 Å². The van der Waals surface area contributed by atoms with Gasteiger partial charge in [-0.05, 0) is 50.1 Å². The van der Waals surface area contributed by atoms with E-state index in [1.54, 1.807) is 7.05 Å². The summed E-state index contributed by atoms with van der Waals surface area (Å²) in [6.45, 7) is 5.11. The van der Waals surface area contributed by atoms with E-state index in [0.29, 0.717) is 5.69 Å². The second-order valence-corrected chi connectivity index (χ2v) is 6.24. The maximum absolute atomic E-state index is 12.3. The summed E-state index contributed by atoms with van der Waals surface area (Å²) < 4.78 is 0. The highest BCUT2D eigenvalue weighted by Crippen LogP contribution is 2.28. The number of nitrogens with zero attached hydrogens (tertiary/aromatic N) is 2. The van der Waals surface area contributed by atoms with E-state index in [-0.39, 0.29) is 35.2 Å². The molecule has 7 nitrogen and oxygen atoms in total. The molecule has 0 radical (unpaired) electrons. The van der Waals surface area contributed by atoms with Crippen molar-refractivity contribution in [1.29, 1.82) is 0 Å². The molecule has 0 spiro atoms. The highest BCUT2D eigenvalue weighted by Gasteiger charge is 2.20. The molecule has 0 unspecified atom stereocenters. The number of likely N-dealkylation sites (N-methyl/N-ethyl adjacent to an activating group) is 1. The van der Waals surface area contributed by atoms with E-state index in [9.17, 15) is 19.7 Å². The average Bonchev–Trinajstić information content (AvgIpc) is 2.57. The third-order valence-electron chi connectivity index (χ3n) is 4.04. The zero-order chi connectivity index (χ0) is 19.4. The van der Waals surface area contributed by atoms with Crippen LogP contribution in [0.25, 0.3) is 0 Å². The summed E-state index contributed by atoms with van der Waals surface area (Å²) in [5, 5.41) is 14.2. The summed E-state index contributed by atoms with van der Waals surface area (Å²) in [5.41, 5.74) is 2.99. The molecule has 0 heterocycles. The van der Waals surface area contributed by atoms with Gasteiger partial charge in [-0.3, -0.25) is 19.7 Å². The lowest BCUT2D eigenvalue weighted by Crippen LogP contribution is -2.30. The summed E-state index contributed by atoms with van der Waals surface area (Å²) >= 11 is 0. The number of carbonyl (C=O) groups excluding carboxylic acids is 2. The first-order valence-electron chi connectivity index (χ1n) is 8.06. The highest BCUT2D eigenvalue weighted by atomic mass is 16.6. The van der Waals surface area contributed by atoms with Crippen LogP contribution in [0.4, 0.5) is 17.1 Å². The molecule has 7 heteroatoms. The maximum Gasteiger partial charge on any atom is 0.293 e. The fourth-order valence-electron chi connectivity index (χ4n) is 2.57. The Morgan fingerprint density at radius 2 is 1.85 bits per heavy atom. The first-order chi connectivity index (χ1) is 12.2. The minimum Gasteiger partial charge on any atom is -0.360 e. The molecule has 0 aliphatic carbocycles. The number of hydrogen-bond donors (Lipinski definition) is 1. The zero-order valence-electron chi connectivity index (χ0n) is 15.2. The number of rotatable bonds is 6. The van der Waals surface area contributed by atoms with Gasteiger partial charge >= 0.3 is 0 Å². The largest absolute Gasteiger partial charge is 0.360 e. The van der Waals surface area contributed by atoms with Gasteiger partial charge in [0.1, 0.15) is 5.69 Å². The number of hydrogen-bond acceptors (Lipinski definition) is 5. The third-order valence-corrected chi connectivity index (χ3v) is 4.04. The summed E-state index contributed by atoms with van der Waals surface area (Å²) in [4.78, 5) is 36.0. The van der Waals surface area contributed by atoms with E-state index >= 15 is 0 Å². The lowest BCUT2D eigenvalue weighted by Gasteiger charge is -2.19. The minimum absolute atomic E-state index is 0.0619. The molecule has 0 saturated carbocycles. The third kappa shape index (κ3) is 4.44. The van der Waals surface area contributed by atoms with E-state index in [1.165, 1.54) is 30.0 Å². The first-order valence-corrected chi connectivity index (χ1v) is 8.06. The molecule has 2 aromatic carbocycles. The molecule has 0 aliphatic rings. The minimum atomic E-state index is -0.555. The molecule has 0 bridgehead atoms. The molecule has 0 aromatic heterocycles. The molecule has 0 saturated heterocycles. The van der Waals surface area contributed by atoms with Gasteiger partial charge in [0.05, 0.1) is 11.5 Å². The standard InChI is InChI=1S/C19H21N3O4/c1-12-5-6-13(2)16(9-12)20-19(24)11-21(4)17-8-7-15(14(3)23)10-18(17)22(25)26/h5-10H,11H2,1-4H3,(H,20,24). The highest BCUT2D eigenvalue weighted by molar-refractivity contribution is 5.97. The quantitative estimate of drug-likeness (QED) is 0.486. The van der Waals surface area contributed by atoms with Crippen LogP contribution in [0.15, 0.2) is 36.4 Å². The van der Waals surface area contributed by atoms with Gasteiger partial charge in [0.15, 0.2) is 5.78 Å². The number of carbonyl (C=O) groups is 2. The molecule has 0 atom stereocenters. The SMILES string of the molecule is CC(=O)c1ccc(N(C)CC(=O)Nc2cc(C)ccc2C)c([N+](=O)[O-])c1. The number of benzene rings is 2. The maximum atomic E-state index is 12.3. The molecule has 136 valence electrons. The van der Waals surface area contributed by atoms with Gasteiger partial charge < -0.3 is 10.2 Å². The molecule has 1 amide bonds. The summed E-state index contributed by atoms with van der Waals surface area (Å²) in [5.74, 6) is -0.541. The number of nitro benzene ring substituents is 1. The predicted octanol–water partition coefficient (Wildman–Crippen LogP) is 3.49. The van der Waals surface area contributed by atoms with Crippen molar-refractivity contribution in [2.45, 2.75) is 20.8 Å². The summed E-state index contributed by atoms with van der Waals surface area (Å²) in [6.07, 6.45) is 0. The fraction of sp³-hybridized carbons (Fsp3) is 0.263. The van der Waals surface area contributed by atoms with Crippen LogP contribution in [0.3, 0.4) is 0 Å². The Morgan fingerprint density at radius 1 is 1.15 bits per heavy atom. The van der Waals surface area contributed by atoms with Gasteiger partial charge in [-0.15, -0.1) is 0 Å². The normalized spacial score (nSPS) is 10.3. The van der Waals surface area contributed by atoms with Crippen LogP contribution in [0.1, 0.15) is 28.4 Å². The lowest BCUT2D eigenvalue weighted by atomic mass is 10.1. The number of ketones is 1. The van der Waals surface area contributed by atoms with Crippen molar-refractivity contribution in [3.63, 3.8) is 0 Å². The van der Waals surface area contributed by atoms with Gasteiger partial charge in [0.2, 0.25) is 5.91 Å². The molecular weight excluding hydrogens is 334 g/mol. The summed E-state index contributed by atoms with van der Waals surface area (Å²) in [6, 6.07) is 9.98. The second kappa shape index (κ2) is 7.77. The van der Waals surface area contributed by atoms with E-state index in [1.807, 2.05) is 32.0 Å². The Kier molecular flexibility index (Phi) is 5.71. The van der Waals surface area contributed by atoms with Crippen LogP contribution < -0.4 is 10.2 Å². The van der Waals surface area contributed by atoms with Crippen LogP contribution in [0.5, 0.6) is 0 Å². The van der Waals surface area contributed by atoms with Crippen molar-refractivity contribution in [2.75, 3.05) is 23.8 Å². The van der Waals surface area contributed by atoms with E-state index in [0.717, 1.165) is 11.1 Å². The Balaban J connectivity index is 2.20. The van der Waals surface area contributed by atoms with Crippen LogP contribution in [0.2, 0.25) is 0 Å². The molecule has 0 fully saturated rings. The van der Waals surface area contributed by atoms with Crippen molar-refractivity contribution >= 4 is 28.8 Å². The van der Waals surface area contributed by atoms with Crippen molar-refractivity contribution < 1.29 is 14.5 Å². The van der Waals surface area contributed by atoms with E-state index in [2.05, 4.69) is 5.32 Å². The fourth-order valence-corrected chi connectivity index (χ4v) is 2.57. The van der Waals surface area contributed by atoms with Crippen molar-refractivity contribution in [3.05, 3.63) is 63.2 Å². The van der Waals surface area contributed by atoms with E-state index in [4.69, 9.17) is 0 Å². The number of Topliss-reactive ketones (excluding diaryl/α,β-unsaturated/α-hetero) is 1. The number of anilines is 2. The topological polar surface area (TPSA) is 92.6 Å². The van der Waals surface area contributed by atoms with Crippen molar-refractivity contribution in [2.24, 2.45) is 0 Å². The molecule has 0 aliphatic heterocycles. The Labute approximate surface area is 151 Å². The van der Waals surface area contributed by atoms with Gasteiger partial charge in [-0.1, -0.05) is 12.1 Å². The second-order valence-electron chi connectivity index (χ2n) is 6.24. The van der Waals surface area contributed by atoms with Crippen molar-refractivity contribution in [3.8, 4) is 0 Å². The molecule has 2 rings (SSSR count). The molecular formula is C19H21N3O4. The average molecular weight is 355 g/mol. The number of amides is 1. The Hall–Kier alpha value is -3.22. The zero-order valence-corrected chi connectivity index (χ0v) is 15.2. The van der Waals surface area contributed by atoms with Gasteiger partial charge in [-0.25, -0.2) is 0 Å². The molecule has 26 heavy (non-hydrogen) atoms. The Morgan fingerprint density at radius 3 is 2.46 bits per heavy atom.